The van der Waals surface area contributed by atoms with Gasteiger partial charge in [0.15, 0.2) is 5.82 Å². The Bertz CT molecular complexity index is 596. The predicted octanol–water partition coefficient (Wildman–Crippen LogP) is 2.52. The molecule has 5 nitrogen and oxygen atoms in total. The molecule has 3 rings (SSSR count). The molecule has 19 heavy (non-hydrogen) atoms. The van der Waals surface area contributed by atoms with Gasteiger partial charge in [0.2, 0.25) is 0 Å². The molecular formula is C14H19N5. The van der Waals surface area contributed by atoms with Gasteiger partial charge in [0.05, 0.1) is 5.54 Å². The molecule has 0 saturated heterocycles. The van der Waals surface area contributed by atoms with Crippen LogP contribution in [-0.4, -0.2) is 20.2 Å². The fourth-order valence-electron chi connectivity index (χ4n) is 2.94. The van der Waals surface area contributed by atoms with Gasteiger partial charge >= 0.3 is 0 Å². The molecule has 0 amide bonds. The van der Waals surface area contributed by atoms with Crippen LogP contribution in [-0.2, 0) is 5.54 Å². The van der Waals surface area contributed by atoms with Gasteiger partial charge in [-0.1, -0.05) is 25.0 Å². The molecule has 1 aliphatic rings. The number of tetrazole rings is 1. The fraction of sp³-hybridized carbons (Fsp3) is 0.500. The largest absolute Gasteiger partial charge is 0.398 e. The normalized spacial score (nSPS) is 17.8. The zero-order chi connectivity index (χ0) is 13.5. The lowest BCUT2D eigenvalue weighted by atomic mass is 10.00. The zero-order valence-electron chi connectivity index (χ0n) is 11.4. The number of aromatic nitrogens is 4. The summed E-state index contributed by atoms with van der Waals surface area (Å²) in [5.74, 6) is 0.783. The number of anilines is 1. The molecule has 1 heterocycles. The van der Waals surface area contributed by atoms with Gasteiger partial charge in [0, 0.05) is 11.3 Å². The van der Waals surface area contributed by atoms with Crippen LogP contribution in [0.4, 0.5) is 5.69 Å². The average molecular weight is 257 g/mol. The summed E-state index contributed by atoms with van der Waals surface area (Å²) in [5, 5.41) is 12.3. The lowest BCUT2D eigenvalue weighted by Gasteiger charge is -2.25. The van der Waals surface area contributed by atoms with Gasteiger partial charge in [-0.05, 0) is 48.7 Å². The van der Waals surface area contributed by atoms with Gasteiger partial charge in [0.1, 0.15) is 0 Å². The van der Waals surface area contributed by atoms with Crippen LogP contribution >= 0.6 is 0 Å². The minimum absolute atomic E-state index is 0.0228. The number of aryl methyl sites for hydroxylation is 1. The Morgan fingerprint density at radius 2 is 2.00 bits per heavy atom. The summed E-state index contributed by atoms with van der Waals surface area (Å²) in [7, 11) is 0. The van der Waals surface area contributed by atoms with Crippen molar-refractivity contribution in [3.05, 3.63) is 23.8 Å². The summed E-state index contributed by atoms with van der Waals surface area (Å²) in [6.07, 6.45) is 4.71. The van der Waals surface area contributed by atoms with Gasteiger partial charge in [-0.3, -0.25) is 0 Å². The highest BCUT2D eigenvalue weighted by Crippen LogP contribution is 2.38. The van der Waals surface area contributed by atoms with E-state index in [2.05, 4.69) is 22.4 Å². The van der Waals surface area contributed by atoms with Crippen molar-refractivity contribution in [2.24, 2.45) is 0 Å². The number of nitrogens with two attached hydrogens (primary N) is 1. The molecule has 0 radical (unpaired) electrons. The van der Waals surface area contributed by atoms with Crippen molar-refractivity contribution in [3.63, 3.8) is 0 Å². The van der Waals surface area contributed by atoms with E-state index in [4.69, 9.17) is 5.73 Å². The molecule has 0 bridgehead atoms. The number of hydrogen-bond acceptors (Lipinski definition) is 4. The molecule has 0 atom stereocenters. The Labute approximate surface area is 112 Å². The highest BCUT2D eigenvalue weighted by atomic mass is 15.6. The maximum Gasteiger partial charge on any atom is 0.184 e. The third-order valence-electron chi connectivity index (χ3n) is 4.23. The molecule has 1 aliphatic carbocycles. The van der Waals surface area contributed by atoms with Gasteiger partial charge in [-0.25, -0.2) is 4.68 Å². The van der Waals surface area contributed by atoms with Gasteiger partial charge < -0.3 is 5.73 Å². The van der Waals surface area contributed by atoms with Crippen molar-refractivity contribution in [2.45, 2.75) is 45.1 Å². The third kappa shape index (κ3) is 1.89. The molecule has 1 aromatic heterocycles. The number of benzene rings is 1. The molecule has 1 fully saturated rings. The number of rotatable bonds is 2. The topological polar surface area (TPSA) is 69.6 Å². The van der Waals surface area contributed by atoms with E-state index in [1.165, 1.54) is 12.8 Å². The van der Waals surface area contributed by atoms with Crippen molar-refractivity contribution < 1.29 is 0 Å². The van der Waals surface area contributed by atoms with Gasteiger partial charge in [0.25, 0.3) is 0 Å². The molecule has 0 spiro atoms. The van der Waals surface area contributed by atoms with E-state index in [1.54, 1.807) is 0 Å². The molecule has 2 N–H and O–H groups in total. The molecule has 5 heteroatoms. The summed E-state index contributed by atoms with van der Waals surface area (Å²) >= 11 is 0. The van der Waals surface area contributed by atoms with E-state index in [-0.39, 0.29) is 5.54 Å². The minimum atomic E-state index is 0.0228. The number of para-hydroxylation sites is 1. The van der Waals surface area contributed by atoms with E-state index in [0.717, 1.165) is 35.5 Å². The summed E-state index contributed by atoms with van der Waals surface area (Å²) in [6, 6.07) is 5.99. The van der Waals surface area contributed by atoms with Crippen LogP contribution in [0.3, 0.4) is 0 Å². The summed E-state index contributed by atoms with van der Waals surface area (Å²) in [6.45, 7) is 4.23. The van der Waals surface area contributed by atoms with Crippen LogP contribution in [0.2, 0.25) is 0 Å². The first-order valence-electron chi connectivity index (χ1n) is 6.76. The predicted molar refractivity (Wildman–Crippen MR) is 74.5 cm³/mol. The highest BCUT2D eigenvalue weighted by molar-refractivity contribution is 5.74. The Hall–Kier alpha value is -1.91. The van der Waals surface area contributed by atoms with Crippen LogP contribution in [0.1, 0.15) is 38.2 Å². The van der Waals surface area contributed by atoms with Crippen molar-refractivity contribution in [2.75, 3.05) is 5.73 Å². The highest BCUT2D eigenvalue weighted by Gasteiger charge is 2.34. The Morgan fingerprint density at radius 3 is 2.74 bits per heavy atom. The third-order valence-corrected chi connectivity index (χ3v) is 4.23. The van der Waals surface area contributed by atoms with E-state index in [9.17, 15) is 0 Å². The monoisotopic (exact) mass is 257 g/mol. The molecule has 1 aromatic carbocycles. The number of nitrogen functional groups attached to an aromatic ring is 1. The molecule has 2 aromatic rings. The first-order chi connectivity index (χ1) is 9.12. The lowest BCUT2D eigenvalue weighted by molar-refractivity contribution is 0.293. The first-order valence-corrected chi connectivity index (χ1v) is 6.76. The van der Waals surface area contributed by atoms with Gasteiger partial charge in [-0.2, -0.15) is 0 Å². The standard InChI is InChI=1S/C14H19N5/c1-10-6-5-7-11(12(10)15)13-16-17-18-19(13)14(2)8-3-4-9-14/h5-7H,3-4,8-9,15H2,1-2H3. The Morgan fingerprint density at radius 1 is 1.26 bits per heavy atom. The van der Waals surface area contributed by atoms with Gasteiger partial charge in [-0.15, -0.1) is 5.10 Å². The van der Waals surface area contributed by atoms with Crippen molar-refractivity contribution in [3.8, 4) is 11.4 Å². The fourth-order valence-corrected chi connectivity index (χ4v) is 2.94. The molecule has 0 aliphatic heterocycles. The summed E-state index contributed by atoms with van der Waals surface area (Å²) in [4.78, 5) is 0. The molecule has 1 saturated carbocycles. The summed E-state index contributed by atoms with van der Waals surface area (Å²) in [5.41, 5.74) is 8.95. The second-order valence-corrected chi connectivity index (χ2v) is 5.65. The van der Waals surface area contributed by atoms with Crippen molar-refractivity contribution in [1.29, 1.82) is 0 Å². The van der Waals surface area contributed by atoms with E-state index >= 15 is 0 Å². The maximum atomic E-state index is 6.18. The zero-order valence-corrected chi connectivity index (χ0v) is 11.4. The number of hydrogen-bond donors (Lipinski definition) is 1. The first kappa shape index (κ1) is 12.1. The smallest absolute Gasteiger partial charge is 0.184 e. The quantitative estimate of drug-likeness (QED) is 0.839. The van der Waals surface area contributed by atoms with Crippen LogP contribution in [0.5, 0.6) is 0 Å². The Balaban J connectivity index is 2.12. The maximum absolute atomic E-state index is 6.18. The van der Waals surface area contributed by atoms with Crippen LogP contribution < -0.4 is 5.73 Å². The van der Waals surface area contributed by atoms with Crippen LogP contribution in [0.25, 0.3) is 11.4 Å². The second kappa shape index (κ2) is 4.33. The van der Waals surface area contributed by atoms with Crippen LogP contribution in [0, 0.1) is 6.92 Å². The van der Waals surface area contributed by atoms with E-state index in [1.807, 2.05) is 29.8 Å². The van der Waals surface area contributed by atoms with Crippen molar-refractivity contribution in [1.82, 2.24) is 20.2 Å². The molecular weight excluding hydrogens is 238 g/mol. The molecule has 0 unspecified atom stereocenters. The minimum Gasteiger partial charge on any atom is -0.398 e. The SMILES string of the molecule is Cc1cccc(-c2nnnn2C2(C)CCCC2)c1N. The molecule has 100 valence electrons. The van der Waals surface area contributed by atoms with E-state index in [0.29, 0.717) is 0 Å². The lowest BCUT2D eigenvalue weighted by Crippen LogP contribution is -2.28. The number of nitrogens with zero attached hydrogens (tertiary/aromatic N) is 4. The van der Waals surface area contributed by atoms with E-state index < -0.39 is 0 Å². The van der Waals surface area contributed by atoms with Crippen molar-refractivity contribution >= 4 is 5.69 Å². The Kier molecular flexibility index (Phi) is 2.77. The van der Waals surface area contributed by atoms with Crippen LogP contribution in [0.15, 0.2) is 18.2 Å². The average Bonchev–Trinajstić information content (AvgIpc) is 3.02. The second-order valence-electron chi connectivity index (χ2n) is 5.65. The summed E-state index contributed by atoms with van der Waals surface area (Å²) < 4.78 is 1.96.